The molecule has 1 unspecified atom stereocenters. The van der Waals surface area contributed by atoms with Crippen LogP contribution in [0.2, 0.25) is 0 Å². The van der Waals surface area contributed by atoms with E-state index in [2.05, 4.69) is 5.32 Å². The van der Waals surface area contributed by atoms with E-state index in [-0.39, 0.29) is 18.4 Å². The fourth-order valence-electron chi connectivity index (χ4n) is 3.45. The second-order valence-corrected chi connectivity index (χ2v) is 7.57. The summed E-state index contributed by atoms with van der Waals surface area (Å²) in [6.07, 6.45) is 0. The number of amides is 2. The van der Waals surface area contributed by atoms with E-state index in [9.17, 15) is 14.0 Å². The van der Waals surface area contributed by atoms with E-state index >= 15 is 0 Å². The van der Waals surface area contributed by atoms with Crippen molar-refractivity contribution in [3.8, 4) is 5.75 Å². The third-order valence-corrected chi connectivity index (χ3v) is 5.62. The Balaban J connectivity index is 1.79. The molecule has 1 atom stereocenters. The summed E-state index contributed by atoms with van der Waals surface area (Å²) in [4.78, 5) is 28.2. The van der Waals surface area contributed by atoms with Crippen molar-refractivity contribution in [1.82, 2.24) is 4.90 Å². The van der Waals surface area contributed by atoms with E-state index in [0.717, 1.165) is 4.88 Å². The third-order valence-electron chi connectivity index (χ3n) is 4.69. The van der Waals surface area contributed by atoms with Crippen LogP contribution < -0.4 is 10.1 Å². The van der Waals surface area contributed by atoms with Gasteiger partial charge in [0.2, 0.25) is 5.91 Å². The molecule has 7 heteroatoms. The summed E-state index contributed by atoms with van der Waals surface area (Å²) in [7, 11) is 0. The number of hydrogen-bond acceptors (Lipinski definition) is 4. The Kier molecular flexibility index (Phi) is 5.31. The van der Waals surface area contributed by atoms with Gasteiger partial charge in [0, 0.05) is 21.7 Å². The topological polar surface area (TPSA) is 58.6 Å². The van der Waals surface area contributed by atoms with Gasteiger partial charge in [0.15, 0.2) is 0 Å². The van der Waals surface area contributed by atoms with Crippen LogP contribution in [0.4, 0.5) is 10.1 Å². The molecule has 1 aliphatic rings. The molecule has 5 nitrogen and oxygen atoms in total. The molecule has 4 rings (SSSR count). The molecule has 1 aliphatic heterocycles. The monoisotopic (exact) mass is 410 g/mol. The molecule has 0 radical (unpaired) electrons. The molecule has 0 saturated carbocycles. The predicted molar refractivity (Wildman–Crippen MR) is 110 cm³/mol. The number of hydrogen-bond donors (Lipinski definition) is 1. The largest absolute Gasteiger partial charge is 0.494 e. The Morgan fingerprint density at radius 3 is 2.72 bits per heavy atom. The highest BCUT2D eigenvalue weighted by molar-refractivity contribution is 7.10. The molecule has 3 aromatic rings. The first-order valence-corrected chi connectivity index (χ1v) is 10.1. The van der Waals surface area contributed by atoms with Gasteiger partial charge in [-0.25, -0.2) is 4.39 Å². The molecule has 2 amide bonds. The minimum Gasteiger partial charge on any atom is -0.494 e. The van der Waals surface area contributed by atoms with Crippen LogP contribution in [0.3, 0.4) is 0 Å². The molecule has 1 aromatic heterocycles. The summed E-state index contributed by atoms with van der Waals surface area (Å²) in [5.41, 5.74) is 1.50. The zero-order valence-electron chi connectivity index (χ0n) is 15.7. The van der Waals surface area contributed by atoms with Crippen LogP contribution in [-0.4, -0.2) is 29.9 Å². The first-order chi connectivity index (χ1) is 14.1. The van der Waals surface area contributed by atoms with E-state index < -0.39 is 11.9 Å². The Morgan fingerprint density at radius 2 is 2.03 bits per heavy atom. The summed E-state index contributed by atoms with van der Waals surface area (Å²) >= 11 is 1.46. The third kappa shape index (κ3) is 3.86. The lowest BCUT2D eigenvalue weighted by Gasteiger charge is -2.29. The average Bonchev–Trinajstić information content (AvgIpc) is 3.19. The molecular weight excluding hydrogens is 391 g/mol. The zero-order valence-corrected chi connectivity index (χ0v) is 16.5. The smallest absolute Gasteiger partial charge is 0.255 e. The number of halogens is 1. The summed E-state index contributed by atoms with van der Waals surface area (Å²) < 4.78 is 19.5. The van der Waals surface area contributed by atoms with Gasteiger partial charge in [0.05, 0.1) is 12.6 Å². The molecule has 2 aromatic carbocycles. The Labute approximate surface area is 171 Å². The van der Waals surface area contributed by atoms with Crippen molar-refractivity contribution in [2.75, 3.05) is 18.5 Å². The first-order valence-electron chi connectivity index (χ1n) is 9.23. The van der Waals surface area contributed by atoms with Gasteiger partial charge in [0.1, 0.15) is 18.1 Å². The molecule has 2 heterocycles. The number of benzene rings is 2. The van der Waals surface area contributed by atoms with Crippen molar-refractivity contribution in [2.24, 2.45) is 0 Å². The number of carbonyl (C=O) groups excluding carboxylic acids is 2. The van der Waals surface area contributed by atoms with Gasteiger partial charge in [-0.1, -0.05) is 6.07 Å². The highest BCUT2D eigenvalue weighted by Gasteiger charge is 2.34. The summed E-state index contributed by atoms with van der Waals surface area (Å²) in [5.74, 6) is -0.385. The van der Waals surface area contributed by atoms with E-state index in [1.54, 1.807) is 24.3 Å². The van der Waals surface area contributed by atoms with Crippen molar-refractivity contribution in [2.45, 2.75) is 13.0 Å². The number of thiophene rings is 1. The SMILES string of the molecule is CCOc1ccc(C(=O)N2CC(=O)Nc3ccc(F)cc3C2c2cccs2)cc1. The van der Waals surface area contributed by atoms with E-state index in [1.807, 2.05) is 24.4 Å². The van der Waals surface area contributed by atoms with Gasteiger partial charge in [-0.15, -0.1) is 11.3 Å². The van der Waals surface area contributed by atoms with Crippen LogP contribution in [0.25, 0.3) is 0 Å². The van der Waals surface area contributed by atoms with Crippen LogP contribution in [0.5, 0.6) is 5.75 Å². The predicted octanol–water partition coefficient (Wildman–Crippen LogP) is 4.47. The van der Waals surface area contributed by atoms with Gasteiger partial charge in [0.25, 0.3) is 5.91 Å². The van der Waals surface area contributed by atoms with Crippen LogP contribution in [0.15, 0.2) is 60.0 Å². The Hall–Kier alpha value is -3.19. The van der Waals surface area contributed by atoms with Crippen LogP contribution >= 0.6 is 11.3 Å². The lowest BCUT2D eigenvalue weighted by atomic mass is 10.0. The second kappa shape index (κ2) is 8.05. The van der Waals surface area contributed by atoms with Crippen molar-refractivity contribution in [1.29, 1.82) is 0 Å². The molecule has 1 N–H and O–H groups in total. The first kappa shape index (κ1) is 19.1. The van der Waals surface area contributed by atoms with Crippen LogP contribution in [0.1, 0.15) is 33.8 Å². The molecule has 0 bridgehead atoms. The van der Waals surface area contributed by atoms with E-state index in [0.29, 0.717) is 29.2 Å². The molecule has 0 aliphatic carbocycles. The molecule has 0 fully saturated rings. The summed E-state index contributed by atoms with van der Waals surface area (Å²) in [5, 5.41) is 4.69. The molecule has 148 valence electrons. The maximum Gasteiger partial charge on any atom is 0.255 e. The van der Waals surface area contributed by atoms with Crippen molar-refractivity contribution < 1.29 is 18.7 Å². The van der Waals surface area contributed by atoms with Gasteiger partial charge < -0.3 is 15.0 Å². The average molecular weight is 410 g/mol. The normalized spacial score (nSPS) is 16.0. The number of ether oxygens (including phenoxy) is 1. The summed E-state index contributed by atoms with van der Waals surface area (Å²) in [6.45, 7) is 2.28. The maximum absolute atomic E-state index is 14.1. The second-order valence-electron chi connectivity index (χ2n) is 6.59. The van der Waals surface area contributed by atoms with Gasteiger partial charge in [-0.05, 0) is 60.8 Å². The van der Waals surface area contributed by atoms with Crippen LogP contribution in [-0.2, 0) is 4.79 Å². The maximum atomic E-state index is 14.1. The highest BCUT2D eigenvalue weighted by atomic mass is 32.1. The van der Waals surface area contributed by atoms with Crippen molar-refractivity contribution >= 4 is 28.8 Å². The summed E-state index contributed by atoms with van der Waals surface area (Å²) in [6, 6.07) is 14.2. The van der Waals surface area contributed by atoms with Crippen molar-refractivity contribution in [3.63, 3.8) is 0 Å². The molecular formula is C22H19FN2O3S. The van der Waals surface area contributed by atoms with Crippen molar-refractivity contribution in [3.05, 3.63) is 81.8 Å². The lowest BCUT2D eigenvalue weighted by Crippen LogP contribution is -2.38. The minimum atomic E-state index is -0.571. The molecule has 0 saturated heterocycles. The number of carbonyl (C=O) groups is 2. The standard InChI is InChI=1S/C22H19FN2O3S/c1-2-28-16-8-5-14(6-9-16)22(27)25-13-20(26)24-18-10-7-15(23)12-17(18)21(25)19-4-3-11-29-19/h3-12,21H,2,13H2,1H3,(H,24,26). The number of nitrogens with zero attached hydrogens (tertiary/aromatic N) is 1. The zero-order chi connectivity index (χ0) is 20.4. The fourth-order valence-corrected chi connectivity index (χ4v) is 4.30. The Morgan fingerprint density at radius 1 is 1.24 bits per heavy atom. The minimum absolute atomic E-state index is 0.134. The number of nitrogens with one attached hydrogen (secondary N) is 1. The molecule has 29 heavy (non-hydrogen) atoms. The Bertz CT molecular complexity index is 1030. The number of anilines is 1. The van der Waals surface area contributed by atoms with Gasteiger partial charge in [-0.2, -0.15) is 0 Å². The highest BCUT2D eigenvalue weighted by Crippen LogP contribution is 2.38. The number of rotatable bonds is 4. The van der Waals surface area contributed by atoms with E-state index in [1.165, 1.54) is 34.4 Å². The van der Waals surface area contributed by atoms with Gasteiger partial charge >= 0.3 is 0 Å². The lowest BCUT2D eigenvalue weighted by molar-refractivity contribution is -0.117. The van der Waals surface area contributed by atoms with E-state index in [4.69, 9.17) is 4.74 Å². The van der Waals surface area contributed by atoms with Gasteiger partial charge in [-0.3, -0.25) is 9.59 Å². The van der Waals surface area contributed by atoms with Crippen LogP contribution in [0, 0.1) is 5.82 Å². The number of fused-ring (bicyclic) bond motifs is 1. The fraction of sp³-hybridized carbons (Fsp3) is 0.182. The quantitative estimate of drug-likeness (QED) is 0.690. The molecule has 0 spiro atoms.